The molecule has 0 saturated carbocycles. The van der Waals surface area contributed by atoms with Gasteiger partial charge in [-0.25, -0.2) is 9.48 Å². The van der Waals surface area contributed by atoms with Gasteiger partial charge >= 0.3 is 5.69 Å². The summed E-state index contributed by atoms with van der Waals surface area (Å²) in [5.74, 6) is 0.107. The molecule has 3 atom stereocenters. The third kappa shape index (κ3) is 3.96. The van der Waals surface area contributed by atoms with Gasteiger partial charge in [-0.05, 0) is 36.6 Å². The lowest BCUT2D eigenvalue weighted by atomic mass is 10.0. The van der Waals surface area contributed by atoms with Gasteiger partial charge in [0.05, 0.1) is 30.2 Å². The van der Waals surface area contributed by atoms with Gasteiger partial charge in [0.1, 0.15) is 11.9 Å². The highest BCUT2D eigenvalue weighted by atomic mass is 16.5. The maximum atomic E-state index is 12.2. The monoisotopic (exact) mass is 395 g/mol. The summed E-state index contributed by atoms with van der Waals surface area (Å²) >= 11 is 0. The van der Waals surface area contributed by atoms with E-state index in [1.807, 2.05) is 37.3 Å². The van der Waals surface area contributed by atoms with E-state index < -0.39 is 17.5 Å². The van der Waals surface area contributed by atoms with E-state index in [4.69, 9.17) is 4.74 Å². The Hall–Kier alpha value is -3.30. The van der Waals surface area contributed by atoms with Gasteiger partial charge in [-0.2, -0.15) is 0 Å². The second-order valence-electron chi connectivity index (χ2n) is 7.03. The fourth-order valence-electron chi connectivity index (χ4n) is 3.33. The lowest BCUT2D eigenvalue weighted by molar-refractivity contribution is -0.0313. The number of ether oxygens (including phenoxy) is 1. The number of aromatic amines is 1. The van der Waals surface area contributed by atoms with E-state index in [9.17, 15) is 14.7 Å². The van der Waals surface area contributed by atoms with Crippen LogP contribution in [-0.4, -0.2) is 42.4 Å². The summed E-state index contributed by atoms with van der Waals surface area (Å²) in [5.41, 5.74) is 0.692. The van der Waals surface area contributed by atoms with Crippen molar-refractivity contribution < 1.29 is 9.84 Å². The Kier molecular flexibility index (Phi) is 5.24. The van der Waals surface area contributed by atoms with Crippen molar-refractivity contribution in [1.82, 2.24) is 24.5 Å². The number of nitrogens with one attached hydrogen (secondary N) is 1. The number of nitrogens with zero attached hydrogens (tertiary/aromatic N) is 4. The van der Waals surface area contributed by atoms with E-state index in [1.54, 1.807) is 23.0 Å². The fraction of sp³-hybridized carbons (Fsp3) is 0.300. The topological polar surface area (TPSA) is 115 Å². The molecule has 1 aliphatic heterocycles. The largest absolute Gasteiger partial charge is 0.394 e. The SMILES string of the molecule is C[C@@H]1C[C@H](n2cc(/C=C/c3cn(-c4ccccc4)nn3)c(=O)[nH]c2=O)O[C@@H]1CO. The van der Waals surface area contributed by atoms with Gasteiger partial charge in [0.2, 0.25) is 0 Å². The molecule has 3 aromatic rings. The standard InChI is InChI=1S/C20H21N5O4/c1-13-9-18(29-17(13)12-26)24-10-14(19(27)21-20(24)28)7-8-15-11-25(23-22-15)16-5-3-2-4-6-16/h2-8,10-11,13,17-18,26H,9,12H2,1H3,(H,21,27,28)/b8-7+/t13-,17-,18-/m1/s1. The Bertz CT molecular complexity index is 1130. The molecule has 4 rings (SSSR count). The number of hydrogen-bond donors (Lipinski definition) is 2. The number of rotatable bonds is 5. The molecule has 29 heavy (non-hydrogen) atoms. The molecule has 1 aliphatic rings. The third-order valence-corrected chi connectivity index (χ3v) is 4.99. The Balaban J connectivity index is 1.59. The van der Waals surface area contributed by atoms with Crippen molar-refractivity contribution in [1.29, 1.82) is 0 Å². The van der Waals surface area contributed by atoms with Crippen molar-refractivity contribution in [3.8, 4) is 5.69 Å². The van der Waals surface area contributed by atoms with Gasteiger partial charge < -0.3 is 9.84 Å². The van der Waals surface area contributed by atoms with Crippen LogP contribution in [0.3, 0.4) is 0 Å². The number of aromatic nitrogens is 5. The Morgan fingerprint density at radius 1 is 1.24 bits per heavy atom. The summed E-state index contributed by atoms with van der Waals surface area (Å²) in [6.07, 6.45) is 6.16. The van der Waals surface area contributed by atoms with Crippen molar-refractivity contribution >= 4 is 12.2 Å². The van der Waals surface area contributed by atoms with Crippen molar-refractivity contribution in [2.75, 3.05) is 6.61 Å². The summed E-state index contributed by atoms with van der Waals surface area (Å²) < 4.78 is 8.73. The van der Waals surface area contributed by atoms with Gasteiger partial charge in [-0.1, -0.05) is 30.3 Å². The number of aliphatic hydroxyl groups excluding tert-OH is 1. The number of benzene rings is 1. The summed E-state index contributed by atoms with van der Waals surface area (Å²) in [6.45, 7) is 1.84. The highest BCUT2D eigenvalue weighted by Crippen LogP contribution is 2.31. The minimum Gasteiger partial charge on any atom is -0.394 e. The summed E-state index contributed by atoms with van der Waals surface area (Å²) in [5, 5.41) is 17.5. The molecular weight excluding hydrogens is 374 g/mol. The predicted molar refractivity (Wildman–Crippen MR) is 106 cm³/mol. The molecule has 1 fully saturated rings. The van der Waals surface area contributed by atoms with Gasteiger partial charge in [0, 0.05) is 6.20 Å². The summed E-state index contributed by atoms with van der Waals surface area (Å²) in [4.78, 5) is 26.7. The van der Waals surface area contributed by atoms with Crippen LogP contribution in [0.25, 0.3) is 17.8 Å². The first kappa shape index (κ1) is 19.0. The van der Waals surface area contributed by atoms with E-state index in [-0.39, 0.29) is 18.6 Å². The zero-order valence-electron chi connectivity index (χ0n) is 15.8. The molecule has 1 aromatic carbocycles. The van der Waals surface area contributed by atoms with E-state index in [2.05, 4.69) is 15.3 Å². The zero-order chi connectivity index (χ0) is 20.4. The van der Waals surface area contributed by atoms with Crippen LogP contribution >= 0.6 is 0 Å². The molecule has 9 heteroatoms. The first-order chi connectivity index (χ1) is 14.0. The van der Waals surface area contributed by atoms with Crippen LogP contribution in [-0.2, 0) is 4.74 Å². The van der Waals surface area contributed by atoms with Crippen LogP contribution in [0.4, 0.5) is 0 Å². The van der Waals surface area contributed by atoms with Crippen LogP contribution in [0.2, 0.25) is 0 Å². The van der Waals surface area contributed by atoms with Gasteiger partial charge in [-0.15, -0.1) is 5.10 Å². The third-order valence-electron chi connectivity index (χ3n) is 4.99. The number of hydrogen-bond acceptors (Lipinski definition) is 6. The predicted octanol–water partition coefficient (Wildman–Crippen LogP) is 1.20. The molecule has 2 aromatic heterocycles. The smallest absolute Gasteiger partial charge is 0.330 e. The van der Waals surface area contributed by atoms with Crippen LogP contribution in [0.1, 0.15) is 30.8 Å². The highest BCUT2D eigenvalue weighted by Gasteiger charge is 2.33. The molecule has 0 aliphatic carbocycles. The molecule has 0 unspecified atom stereocenters. The van der Waals surface area contributed by atoms with E-state index in [0.29, 0.717) is 17.7 Å². The molecule has 0 spiro atoms. The van der Waals surface area contributed by atoms with Crippen molar-refractivity contribution in [3.05, 3.63) is 74.8 Å². The second kappa shape index (κ2) is 7.98. The van der Waals surface area contributed by atoms with E-state index in [0.717, 1.165) is 5.69 Å². The van der Waals surface area contributed by atoms with Crippen molar-refractivity contribution in [2.24, 2.45) is 5.92 Å². The van der Waals surface area contributed by atoms with Crippen LogP contribution in [0.5, 0.6) is 0 Å². The molecule has 0 radical (unpaired) electrons. The van der Waals surface area contributed by atoms with Crippen LogP contribution in [0.15, 0.2) is 52.3 Å². The first-order valence-electron chi connectivity index (χ1n) is 9.33. The Morgan fingerprint density at radius 2 is 2.03 bits per heavy atom. The van der Waals surface area contributed by atoms with Crippen molar-refractivity contribution in [2.45, 2.75) is 25.7 Å². The quantitative estimate of drug-likeness (QED) is 0.671. The number of para-hydroxylation sites is 1. The maximum Gasteiger partial charge on any atom is 0.330 e. The molecule has 9 nitrogen and oxygen atoms in total. The molecular formula is C20H21N5O4. The van der Waals surface area contributed by atoms with Gasteiger partial charge in [-0.3, -0.25) is 14.3 Å². The Labute approximate surface area is 165 Å². The van der Waals surface area contributed by atoms with Crippen molar-refractivity contribution in [3.63, 3.8) is 0 Å². The minimum absolute atomic E-state index is 0.107. The lowest BCUT2D eigenvalue weighted by Crippen LogP contribution is -2.33. The van der Waals surface area contributed by atoms with Gasteiger partial charge in [0.15, 0.2) is 0 Å². The van der Waals surface area contributed by atoms with Crippen LogP contribution in [0, 0.1) is 5.92 Å². The fourth-order valence-corrected chi connectivity index (χ4v) is 3.33. The maximum absolute atomic E-state index is 12.2. The van der Waals surface area contributed by atoms with Gasteiger partial charge in [0.25, 0.3) is 5.56 Å². The first-order valence-corrected chi connectivity index (χ1v) is 9.33. The molecule has 2 N–H and O–H groups in total. The minimum atomic E-state index is -0.544. The van der Waals surface area contributed by atoms with Crippen LogP contribution < -0.4 is 11.2 Å². The average molecular weight is 395 g/mol. The number of H-pyrrole nitrogens is 1. The lowest BCUT2D eigenvalue weighted by Gasteiger charge is -2.15. The van der Waals surface area contributed by atoms with E-state index in [1.165, 1.54) is 10.8 Å². The Morgan fingerprint density at radius 3 is 2.76 bits per heavy atom. The van der Waals surface area contributed by atoms with E-state index >= 15 is 0 Å². The normalized spacial score (nSPS) is 21.8. The second-order valence-corrected chi connectivity index (χ2v) is 7.03. The zero-order valence-corrected chi connectivity index (χ0v) is 15.8. The molecule has 0 bridgehead atoms. The summed E-state index contributed by atoms with van der Waals surface area (Å²) in [6, 6.07) is 9.54. The highest BCUT2D eigenvalue weighted by molar-refractivity contribution is 5.66. The molecule has 1 saturated heterocycles. The molecule has 150 valence electrons. The molecule has 0 amide bonds. The molecule has 3 heterocycles. The average Bonchev–Trinajstić information content (AvgIpc) is 3.34. The number of aliphatic hydroxyl groups is 1. The summed E-state index contributed by atoms with van der Waals surface area (Å²) in [7, 11) is 0.